The van der Waals surface area contributed by atoms with Crippen LogP contribution in [0.4, 0.5) is 17.6 Å². The Hall–Kier alpha value is -3.18. The number of ether oxygens (including phenoxy) is 4. The molecule has 4 atom stereocenters. The van der Waals surface area contributed by atoms with Gasteiger partial charge in [-0.15, -0.1) is 0 Å². The van der Waals surface area contributed by atoms with E-state index in [-0.39, 0.29) is 94.0 Å². The van der Waals surface area contributed by atoms with Crippen molar-refractivity contribution in [2.45, 2.75) is 186 Å². The average Bonchev–Trinajstić information content (AvgIpc) is 3.22. The molecule has 1 aromatic rings. The van der Waals surface area contributed by atoms with E-state index in [0.29, 0.717) is 77.0 Å². The Labute approximate surface area is 397 Å². The molecule has 12 heteroatoms. The van der Waals surface area contributed by atoms with Gasteiger partial charge in [-0.1, -0.05) is 134 Å². The van der Waals surface area contributed by atoms with E-state index in [9.17, 15) is 36.7 Å². The van der Waals surface area contributed by atoms with Crippen molar-refractivity contribution in [3.05, 3.63) is 34.4 Å². The van der Waals surface area contributed by atoms with Crippen LogP contribution in [0.1, 0.15) is 227 Å². The second-order valence-electron chi connectivity index (χ2n) is 22.8. The summed E-state index contributed by atoms with van der Waals surface area (Å²) in [6, 6.07) is 2.27. The Morgan fingerprint density at radius 3 is 0.682 bits per heavy atom. The van der Waals surface area contributed by atoms with Crippen LogP contribution in [0.3, 0.4) is 0 Å². The van der Waals surface area contributed by atoms with Gasteiger partial charge >= 0.3 is 23.9 Å². The molecule has 0 spiro atoms. The second kappa shape index (κ2) is 30.3. The molecule has 0 aliphatic rings. The number of carbonyl (C=O) groups excluding carboxylic acids is 4. The van der Waals surface area contributed by atoms with E-state index >= 15 is 0 Å². The molecule has 0 amide bonds. The van der Waals surface area contributed by atoms with Gasteiger partial charge in [0.15, 0.2) is 0 Å². The lowest BCUT2D eigenvalue weighted by Crippen LogP contribution is -2.22. The maximum absolute atomic E-state index is 13.8. The summed E-state index contributed by atoms with van der Waals surface area (Å²) in [4.78, 5) is 55.2. The number of alkyl halides is 4. The molecule has 0 aliphatic heterocycles. The third-order valence-corrected chi connectivity index (χ3v) is 13.4. The Bertz CT molecular complexity index is 1340. The van der Waals surface area contributed by atoms with Crippen molar-refractivity contribution in [3.63, 3.8) is 0 Å². The lowest BCUT2D eigenvalue weighted by Gasteiger charge is -2.28. The Balaban J connectivity index is 3.38. The lowest BCUT2D eigenvalue weighted by molar-refractivity contribution is 0.0433. The van der Waals surface area contributed by atoms with Crippen LogP contribution in [0.15, 0.2) is 12.1 Å². The molecule has 0 aliphatic carbocycles. The van der Waals surface area contributed by atoms with Crippen LogP contribution in [0.5, 0.6) is 0 Å². The molecule has 66 heavy (non-hydrogen) atoms. The molecule has 0 radical (unpaired) electrons. The van der Waals surface area contributed by atoms with Gasteiger partial charge in [-0.25, -0.2) is 19.2 Å². The van der Waals surface area contributed by atoms with Crippen molar-refractivity contribution in [2.24, 2.45) is 45.3 Å². The monoisotopic (exact) mass is 943 g/mol. The molecule has 0 aromatic heterocycles. The van der Waals surface area contributed by atoms with Crippen LogP contribution in [-0.2, 0) is 18.9 Å². The maximum Gasteiger partial charge on any atom is 0.339 e. The first-order chi connectivity index (χ1) is 30.8. The van der Waals surface area contributed by atoms with Gasteiger partial charge < -0.3 is 18.9 Å². The number of rotatable bonds is 32. The molecule has 0 heterocycles. The van der Waals surface area contributed by atoms with Crippen molar-refractivity contribution in [3.8, 4) is 0 Å². The van der Waals surface area contributed by atoms with Crippen LogP contribution >= 0.6 is 0 Å². The van der Waals surface area contributed by atoms with Gasteiger partial charge in [0.2, 0.25) is 0 Å². The van der Waals surface area contributed by atoms with Gasteiger partial charge in [0.1, 0.15) is 0 Å². The molecule has 0 unspecified atom stereocenters. The van der Waals surface area contributed by atoms with Crippen LogP contribution in [-0.4, -0.2) is 77.0 Å². The van der Waals surface area contributed by atoms with Gasteiger partial charge in [0.05, 0.1) is 75.4 Å². The first-order valence-corrected chi connectivity index (χ1v) is 24.9. The van der Waals surface area contributed by atoms with Crippen molar-refractivity contribution < 1.29 is 55.7 Å². The fourth-order valence-corrected chi connectivity index (χ4v) is 7.89. The second-order valence-corrected chi connectivity index (χ2v) is 22.8. The fraction of sp³-hybridized carbons (Fsp3) is 0.815. The molecule has 0 bridgehead atoms. The standard InChI is InChI=1S/C54H90F4O8/c1-51(2,3)39(35-55)25-17-13-21-29-63-47(59)43-33-45(49(61)65-31-23-15-19-27-41(37-57)53(7,8)9)46(50(62)66-32-24-16-20-28-42(38-58)54(10,11)12)34-44(43)48(60)64-30-22-14-18-26-40(36-56)52(4,5)6/h33-34,39-42H,13-32,35-38H2,1-12H3/t39-,40-,41-,42-/m1/s1. The van der Waals surface area contributed by atoms with Crippen molar-refractivity contribution >= 4 is 23.9 Å². The minimum Gasteiger partial charge on any atom is -0.462 e. The number of halogens is 4. The molecule has 8 nitrogen and oxygen atoms in total. The summed E-state index contributed by atoms with van der Waals surface area (Å²) in [7, 11) is 0. The molecule has 0 N–H and O–H groups in total. The number of unbranched alkanes of at least 4 members (excludes halogenated alkanes) is 8. The topological polar surface area (TPSA) is 105 Å². The summed E-state index contributed by atoms with van der Waals surface area (Å²) in [5.41, 5.74) is -1.79. The van der Waals surface area contributed by atoms with Gasteiger partial charge in [0, 0.05) is 0 Å². The highest BCUT2D eigenvalue weighted by molar-refractivity contribution is 6.10. The largest absolute Gasteiger partial charge is 0.462 e. The highest BCUT2D eigenvalue weighted by Gasteiger charge is 2.30. The minimum absolute atomic E-state index is 0.00144. The molecular weight excluding hydrogens is 853 g/mol. The first-order valence-electron chi connectivity index (χ1n) is 24.9. The smallest absolute Gasteiger partial charge is 0.339 e. The van der Waals surface area contributed by atoms with E-state index < -0.39 is 50.6 Å². The molecule has 1 rings (SSSR count). The van der Waals surface area contributed by atoms with Gasteiger partial charge in [-0.05, 0) is 109 Å². The number of hydrogen-bond donors (Lipinski definition) is 0. The Morgan fingerprint density at radius 1 is 0.348 bits per heavy atom. The molecule has 0 fully saturated rings. The minimum atomic E-state index is -0.894. The van der Waals surface area contributed by atoms with Crippen molar-refractivity contribution in [1.82, 2.24) is 0 Å². The first kappa shape index (κ1) is 60.8. The van der Waals surface area contributed by atoms with Crippen molar-refractivity contribution in [1.29, 1.82) is 0 Å². The maximum atomic E-state index is 13.8. The third kappa shape index (κ3) is 23.2. The van der Waals surface area contributed by atoms with Crippen LogP contribution in [0.25, 0.3) is 0 Å². The zero-order valence-corrected chi connectivity index (χ0v) is 43.2. The number of carbonyl (C=O) groups is 4. The molecule has 0 saturated carbocycles. The number of benzene rings is 1. The predicted octanol–water partition coefficient (Wildman–Crippen LogP) is 15.1. The van der Waals surface area contributed by atoms with Gasteiger partial charge in [-0.2, -0.15) is 0 Å². The molecule has 0 saturated heterocycles. The van der Waals surface area contributed by atoms with Crippen molar-refractivity contribution in [2.75, 3.05) is 53.1 Å². The molecule has 382 valence electrons. The van der Waals surface area contributed by atoms with Crippen LogP contribution in [0, 0.1) is 45.3 Å². The molecular formula is C54H90F4O8. The fourth-order valence-electron chi connectivity index (χ4n) is 7.89. The quantitative estimate of drug-likeness (QED) is 0.0304. The van der Waals surface area contributed by atoms with Gasteiger partial charge in [0.25, 0.3) is 0 Å². The summed E-state index contributed by atoms with van der Waals surface area (Å²) >= 11 is 0. The Morgan fingerprint density at radius 2 is 0.530 bits per heavy atom. The highest BCUT2D eigenvalue weighted by atomic mass is 19.1. The van der Waals surface area contributed by atoms with E-state index in [4.69, 9.17) is 18.9 Å². The SMILES string of the molecule is CC(C)(C)[C@@H](CF)CCCCCOC(=O)c1cc(C(=O)OCCCCC[C@H](CF)C(C)(C)C)c(C(=O)OCCCCC[C@H](CF)C(C)(C)C)cc1C(=O)OCCCCC[C@H](CF)C(C)(C)C. The number of esters is 4. The summed E-state index contributed by atoms with van der Waals surface area (Å²) in [6.07, 6.45) is 10.3. The van der Waals surface area contributed by atoms with E-state index in [2.05, 4.69) is 0 Å². The van der Waals surface area contributed by atoms with E-state index in [1.165, 1.54) is 0 Å². The zero-order chi connectivity index (χ0) is 50.1. The van der Waals surface area contributed by atoms with Gasteiger partial charge in [-0.3, -0.25) is 17.6 Å². The summed E-state index contributed by atoms with van der Waals surface area (Å²) in [6.45, 7) is 22.4. The normalized spacial score (nSPS) is 14.3. The van der Waals surface area contributed by atoms with E-state index in [1.54, 1.807) is 0 Å². The molecule has 1 aromatic carbocycles. The van der Waals surface area contributed by atoms with E-state index in [1.807, 2.05) is 83.1 Å². The van der Waals surface area contributed by atoms with E-state index in [0.717, 1.165) is 37.8 Å². The zero-order valence-electron chi connectivity index (χ0n) is 43.2. The third-order valence-electron chi connectivity index (χ3n) is 13.4. The predicted molar refractivity (Wildman–Crippen MR) is 257 cm³/mol. The average molecular weight is 943 g/mol. The van der Waals surface area contributed by atoms with Crippen LogP contribution in [0.2, 0.25) is 0 Å². The summed E-state index contributed by atoms with van der Waals surface area (Å²) < 4.78 is 77.2. The number of hydrogen-bond acceptors (Lipinski definition) is 8. The highest BCUT2D eigenvalue weighted by Crippen LogP contribution is 2.34. The summed E-state index contributed by atoms with van der Waals surface area (Å²) in [5, 5.41) is 0. The van der Waals surface area contributed by atoms with Crippen LogP contribution < -0.4 is 0 Å². The lowest BCUT2D eigenvalue weighted by atomic mass is 9.78. The Kier molecular flexibility index (Phi) is 28.0. The summed E-state index contributed by atoms with van der Waals surface area (Å²) in [5.74, 6) is -3.95.